The van der Waals surface area contributed by atoms with Gasteiger partial charge >= 0.3 is 0 Å². The van der Waals surface area contributed by atoms with Gasteiger partial charge in [-0.15, -0.1) is 0 Å². The average Bonchev–Trinajstić information content (AvgIpc) is 3.07. The number of amides is 1. The zero-order valence-corrected chi connectivity index (χ0v) is 13.6. The molecule has 1 amide bonds. The fraction of sp³-hybridized carbons (Fsp3) is 0.941. The molecule has 4 atom stereocenters. The van der Waals surface area contributed by atoms with Crippen molar-refractivity contribution in [2.75, 3.05) is 20.1 Å². The van der Waals surface area contributed by atoms with Gasteiger partial charge in [-0.05, 0) is 12.8 Å². The zero-order chi connectivity index (χ0) is 14.8. The molecule has 3 saturated heterocycles. The van der Waals surface area contributed by atoms with E-state index in [9.17, 15) is 4.79 Å². The van der Waals surface area contributed by atoms with Crippen molar-refractivity contribution in [3.63, 3.8) is 0 Å². The molecule has 0 aromatic heterocycles. The number of morpholine rings is 1. The summed E-state index contributed by atoms with van der Waals surface area (Å²) in [6.07, 6.45) is 9.96. The van der Waals surface area contributed by atoms with Gasteiger partial charge in [0.2, 0.25) is 5.91 Å². The van der Waals surface area contributed by atoms with Crippen molar-refractivity contribution in [2.45, 2.75) is 82.6 Å². The van der Waals surface area contributed by atoms with E-state index in [1.165, 1.54) is 32.1 Å². The zero-order valence-electron chi connectivity index (χ0n) is 13.6. The molecule has 3 fully saturated rings. The Balaban J connectivity index is 1.41. The summed E-state index contributed by atoms with van der Waals surface area (Å²) in [5, 5.41) is 0. The van der Waals surface area contributed by atoms with Gasteiger partial charge in [-0.1, -0.05) is 39.0 Å². The number of likely N-dealkylation sites (N-methyl/N-ethyl adjacent to an activating group) is 1. The molecule has 0 saturated carbocycles. The maximum atomic E-state index is 12.4. The Hall–Kier alpha value is -0.610. The standard InChI is InChI=1S/C17H30N2O2/c1-3-4-5-6-7-8-9-15(20)18(2)16-14-12-19-11-10-13(21-14)17(16)19/h13-14,16-17H,3-12H2,1-2H3/t13-,14-,16+,17?/m1/s1. The lowest BCUT2D eigenvalue weighted by molar-refractivity contribution is -0.132. The van der Waals surface area contributed by atoms with Crippen LogP contribution in [0.25, 0.3) is 0 Å². The van der Waals surface area contributed by atoms with E-state index in [0.717, 1.165) is 25.9 Å². The molecule has 120 valence electrons. The summed E-state index contributed by atoms with van der Waals surface area (Å²) in [5.41, 5.74) is 0. The fourth-order valence-corrected chi connectivity index (χ4v) is 4.43. The SMILES string of the molecule is CCCCCCCCC(=O)N(C)[C@@H]1C2[C@H]3CCN2C[C@H]1O3. The summed E-state index contributed by atoms with van der Waals surface area (Å²) < 4.78 is 6.07. The molecule has 1 unspecified atom stereocenters. The Bertz CT molecular complexity index is 360. The van der Waals surface area contributed by atoms with Gasteiger partial charge in [0.25, 0.3) is 0 Å². The van der Waals surface area contributed by atoms with Crippen LogP contribution in [-0.2, 0) is 9.53 Å². The van der Waals surface area contributed by atoms with Crippen LogP contribution in [0.15, 0.2) is 0 Å². The summed E-state index contributed by atoms with van der Waals surface area (Å²) in [7, 11) is 1.99. The van der Waals surface area contributed by atoms with Gasteiger partial charge in [-0.25, -0.2) is 0 Å². The first kappa shape index (κ1) is 15.3. The van der Waals surface area contributed by atoms with Gasteiger partial charge in [0.1, 0.15) is 0 Å². The second kappa shape index (κ2) is 6.66. The summed E-state index contributed by atoms with van der Waals surface area (Å²) >= 11 is 0. The molecule has 0 aliphatic carbocycles. The Labute approximate surface area is 128 Å². The van der Waals surface area contributed by atoms with E-state index in [1.807, 2.05) is 11.9 Å². The third-order valence-corrected chi connectivity index (χ3v) is 5.58. The number of hydrogen-bond donors (Lipinski definition) is 0. The highest BCUT2D eigenvalue weighted by Gasteiger charge is 2.58. The monoisotopic (exact) mass is 294 g/mol. The molecule has 0 aromatic rings. The Morgan fingerprint density at radius 3 is 2.71 bits per heavy atom. The van der Waals surface area contributed by atoms with E-state index in [1.54, 1.807) is 0 Å². The third-order valence-electron chi connectivity index (χ3n) is 5.58. The number of unbranched alkanes of at least 4 members (excludes halogenated alkanes) is 5. The van der Waals surface area contributed by atoms with Crippen LogP contribution in [0.4, 0.5) is 0 Å². The number of hydrogen-bond acceptors (Lipinski definition) is 3. The highest BCUT2D eigenvalue weighted by Crippen LogP contribution is 2.42. The number of carbonyl (C=O) groups is 1. The van der Waals surface area contributed by atoms with E-state index in [0.29, 0.717) is 30.5 Å². The first-order chi connectivity index (χ1) is 10.2. The highest BCUT2D eigenvalue weighted by molar-refractivity contribution is 5.76. The minimum atomic E-state index is 0.265. The maximum absolute atomic E-state index is 12.4. The summed E-state index contributed by atoms with van der Waals surface area (Å²) in [6, 6.07) is 0.790. The molecule has 0 spiro atoms. The van der Waals surface area contributed by atoms with Crippen LogP contribution in [-0.4, -0.2) is 60.1 Å². The van der Waals surface area contributed by atoms with E-state index in [2.05, 4.69) is 11.8 Å². The molecule has 3 aliphatic rings. The largest absolute Gasteiger partial charge is 0.370 e. The molecule has 0 N–H and O–H groups in total. The van der Waals surface area contributed by atoms with E-state index in [-0.39, 0.29) is 6.10 Å². The van der Waals surface area contributed by atoms with Crippen molar-refractivity contribution < 1.29 is 9.53 Å². The number of nitrogens with zero attached hydrogens (tertiary/aromatic N) is 2. The topological polar surface area (TPSA) is 32.8 Å². The average molecular weight is 294 g/mol. The molecule has 4 heteroatoms. The first-order valence-electron chi connectivity index (χ1n) is 8.87. The van der Waals surface area contributed by atoms with Crippen LogP contribution >= 0.6 is 0 Å². The first-order valence-corrected chi connectivity index (χ1v) is 8.87. The van der Waals surface area contributed by atoms with Gasteiger partial charge in [0.15, 0.2) is 0 Å². The number of fused-ring (bicyclic) bond motifs is 1. The lowest BCUT2D eigenvalue weighted by Gasteiger charge is -2.27. The molecule has 2 bridgehead atoms. The van der Waals surface area contributed by atoms with Gasteiger partial charge in [-0.3, -0.25) is 9.69 Å². The quantitative estimate of drug-likeness (QED) is 0.645. The van der Waals surface area contributed by atoms with Crippen LogP contribution in [0.3, 0.4) is 0 Å². The molecule has 4 nitrogen and oxygen atoms in total. The smallest absolute Gasteiger partial charge is 0.222 e. The van der Waals surface area contributed by atoms with E-state index < -0.39 is 0 Å². The lowest BCUT2D eigenvalue weighted by atomic mass is 10.0. The number of rotatable bonds is 8. The van der Waals surface area contributed by atoms with Crippen LogP contribution in [0.2, 0.25) is 0 Å². The molecule has 3 rings (SSSR count). The molecule has 21 heavy (non-hydrogen) atoms. The van der Waals surface area contributed by atoms with Gasteiger partial charge in [0, 0.05) is 26.6 Å². The molecule has 0 radical (unpaired) electrons. The molecule has 0 aromatic carbocycles. The van der Waals surface area contributed by atoms with E-state index >= 15 is 0 Å². The van der Waals surface area contributed by atoms with Crippen molar-refractivity contribution in [2.24, 2.45) is 0 Å². The van der Waals surface area contributed by atoms with Crippen molar-refractivity contribution in [1.29, 1.82) is 0 Å². The van der Waals surface area contributed by atoms with Gasteiger partial charge < -0.3 is 9.64 Å². The molecule has 3 aliphatic heterocycles. The summed E-state index contributed by atoms with van der Waals surface area (Å²) in [5.74, 6) is 0.318. The Morgan fingerprint density at radius 1 is 1.19 bits per heavy atom. The molecular formula is C17H30N2O2. The minimum Gasteiger partial charge on any atom is -0.370 e. The van der Waals surface area contributed by atoms with Crippen molar-refractivity contribution in [3.8, 4) is 0 Å². The Kier molecular flexibility index (Phi) is 4.85. The fourth-order valence-electron chi connectivity index (χ4n) is 4.43. The van der Waals surface area contributed by atoms with Crippen LogP contribution in [0.1, 0.15) is 58.3 Å². The second-order valence-electron chi connectivity index (χ2n) is 7.00. The third kappa shape index (κ3) is 2.98. The van der Waals surface area contributed by atoms with Crippen LogP contribution in [0.5, 0.6) is 0 Å². The predicted molar refractivity (Wildman–Crippen MR) is 83.2 cm³/mol. The lowest BCUT2D eigenvalue weighted by Crippen LogP contribution is -2.46. The van der Waals surface area contributed by atoms with Crippen molar-refractivity contribution in [3.05, 3.63) is 0 Å². The maximum Gasteiger partial charge on any atom is 0.222 e. The number of carbonyl (C=O) groups excluding carboxylic acids is 1. The van der Waals surface area contributed by atoms with Gasteiger partial charge in [-0.2, -0.15) is 0 Å². The van der Waals surface area contributed by atoms with Gasteiger partial charge in [0.05, 0.1) is 24.3 Å². The van der Waals surface area contributed by atoms with E-state index in [4.69, 9.17) is 4.74 Å². The van der Waals surface area contributed by atoms with Crippen LogP contribution < -0.4 is 0 Å². The summed E-state index contributed by atoms with van der Waals surface area (Å²) in [4.78, 5) is 17.0. The number of ether oxygens (including phenoxy) is 1. The normalized spacial score (nSPS) is 33.8. The minimum absolute atomic E-state index is 0.265. The molecule has 3 heterocycles. The predicted octanol–water partition coefficient (Wildman–Crippen LogP) is 2.42. The second-order valence-corrected chi connectivity index (χ2v) is 7.00. The summed E-state index contributed by atoms with van der Waals surface area (Å²) in [6.45, 7) is 4.42. The van der Waals surface area contributed by atoms with Crippen molar-refractivity contribution >= 4 is 5.91 Å². The Morgan fingerprint density at radius 2 is 1.95 bits per heavy atom. The highest BCUT2D eigenvalue weighted by atomic mass is 16.5. The molecular weight excluding hydrogens is 264 g/mol. The van der Waals surface area contributed by atoms with Crippen LogP contribution in [0, 0.1) is 0 Å². The van der Waals surface area contributed by atoms with Crippen molar-refractivity contribution in [1.82, 2.24) is 9.80 Å².